The summed E-state index contributed by atoms with van der Waals surface area (Å²) in [7, 11) is 0. The molecule has 1 heterocycles. The molecule has 23 heavy (non-hydrogen) atoms. The van der Waals surface area contributed by atoms with Crippen molar-refractivity contribution >= 4 is 16.5 Å². The lowest BCUT2D eigenvalue weighted by Crippen LogP contribution is -2.21. The van der Waals surface area contributed by atoms with Gasteiger partial charge in [0.1, 0.15) is 5.69 Å². The zero-order valence-corrected chi connectivity index (χ0v) is 13.6. The van der Waals surface area contributed by atoms with Crippen LogP contribution in [-0.2, 0) is 0 Å². The summed E-state index contributed by atoms with van der Waals surface area (Å²) in [5, 5.41) is 2.27. The van der Waals surface area contributed by atoms with Gasteiger partial charge in [0.25, 0.3) is 0 Å². The second-order valence-corrected chi connectivity index (χ2v) is 5.35. The Morgan fingerprint density at radius 1 is 0.870 bits per heavy atom. The van der Waals surface area contributed by atoms with Crippen molar-refractivity contribution in [1.82, 2.24) is 4.98 Å². The normalized spacial score (nSPS) is 10.2. The minimum Gasteiger partial charge on any atom is -0.372 e. The Morgan fingerprint density at radius 3 is 2.35 bits per heavy atom. The first-order valence-electron chi connectivity index (χ1n) is 8.02. The second-order valence-electron chi connectivity index (χ2n) is 5.35. The van der Waals surface area contributed by atoms with Crippen LogP contribution < -0.4 is 4.90 Å². The molecule has 0 aliphatic carbocycles. The van der Waals surface area contributed by atoms with E-state index in [1.54, 1.807) is 0 Å². The largest absolute Gasteiger partial charge is 0.372 e. The average Bonchev–Trinajstić information content (AvgIpc) is 2.62. The van der Waals surface area contributed by atoms with E-state index < -0.39 is 0 Å². The molecule has 0 N–H and O–H groups in total. The van der Waals surface area contributed by atoms with Crippen LogP contribution in [0.25, 0.3) is 10.8 Å². The molecule has 2 nitrogen and oxygen atoms in total. The standard InChI is InChI=1S/C21H20N2/c1-3-23(4-2)19-12-9-17(10-13-19)11-14-21-20-8-6-5-7-18(20)15-16-22-21/h5-10,12-13,15-16H,3-4H2,1-2H3. The smallest absolute Gasteiger partial charge is 0.121 e. The maximum absolute atomic E-state index is 4.41. The fourth-order valence-electron chi connectivity index (χ4n) is 2.69. The van der Waals surface area contributed by atoms with Crippen LogP contribution in [-0.4, -0.2) is 18.1 Å². The first kappa shape index (κ1) is 15.1. The molecule has 1 aromatic heterocycles. The first-order chi connectivity index (χ1) is 11.3. The van der Waals surface area contributed by atoms with Crippen molar-refractivity contribution in [2.45, 2.75) is 13.8 Å². The van der Waals surface area contributed by atoms with Gasteiger partial charge in [-0.3, -0.25) is 0 Å². The van der Waals surface area contributed by atoms with Crippen LogP contribution >= 0.6 is 0 Å². The summed E-state index contributed by atoms with van der Waals surface area (Å²) in [6.07, 6.45) is 1.82. The van der Waals surface area contributed by atoms with Gasteiger partial charge in [-0.1, -0.05) is 30.2 Å². The molecular weight excluding hydrogens is 280 g/mol. The summed E-state index contributed by atoms with van der Waals surface area (Å²) in [4.78, 5) is 6.74. The summed E-state index contributed by atoms with van der Waals surface area (Å²) >= 11 is 0. The van der Waals surface area contributed by atoms with Crippen molar-refractivity contribution in [2.24, 2.45) is 0 Å². The van der Waals surface area contributed by atoms with Crippen LogP contribution in [0.4, 0.5) is 5.69 Å². The van der Waals surface area contributed by atoms with Gasteiger partial charge < -0.3 is 4.90 Å². The molecule has 0 aliphatic rings. The summed E-state index contributed by atoms with van der Waals surface area (Å²) in [5.41, 5.74) is 3.08. The molecule has 2 aromatic carbocycles. The summed E-state index contributed by atoms with van der Waals surface area (Å²) in [6.45, 7) is 6.37. The quantitative estimate of drug-likeness (QED) is 0.663. The molecule has 0 spiro atoms. The summed E-state index contributed by atoms with van der Waals surface area (Å²) < 4.78 is 0. The first-order valence-corrected chi connectivity index (χ1v) is 8.02. The van der Waals surface area contributed by atoms with E-state index in [0.29, 0.717) is 0 Å². The van der Waals surface area contributed by atoms with Crippen molar-refractivity contribution < 1.29 is 0 Å². The Bertz CT molecular complexity index is 845. The lowest BCUT2D eigenvalue weighted by atomic mass is 10.1. The van der Waals surface area contributed by atoms with Gasteiger partial charge in [-0.05, 0) is 55.5 Å². The van der Waals surface area contributed by atoms with Crippen LogP contribution in [0.15, 0.2) is 60.8 Å². The lowest BCUT2D eigenvalue weighted by Gasteiger charge is -2.20. The fourth-order valence-corrected chi connectivity index (χ4v) is 2.69. The van der Waals surface area contributed by atoms with Crippen molar-refractivity contribution in [3.05, 3.63) is 72.1 Å². The van der Waals surface area contributed by atoms with Gasteiger partial charge in [0, 0.05) is 35.9 Å². The number of fused-ring (bicyclic) bond motifs is 1. The van der Waals surface area contributed by atoms with Gasteiger partial charge in [0.15, 0.2) is 0 Å². The summed E-state index contributed by atoms with van der Waals surface area (Å²) in [5.74, 6) is 6.43. The van der Waals surface area contributed by atoms with Crippen LogP contribution in [0.3, 0.4) is 0 Å². The number of hydrogen-bond donors (Lipinski definition) is 0. The molecular formula is C21H20N2. The predicted molar refractivity (Wildman–Crippen MR) is 97.7 cm³/mol. The van der Waals surface area contributed by atoms with E-state index in [1.165, 1.54) is 11.1 Å². The van der Waals surface area contributed by atoms with Crippen LogP contribution in [0.1, 0.15) is 25.1 Å². The Morgan fingerprint density at radius 2 is 1.61 bits per heavy atom. The number of benzene rings is 2. The van der Waals surface area contributed by atoms with E-state index >= 15 is 0 Å². The third-order valence-electron chi connectivity index (χ3n) is 3.99. The Kier molecular flexibility index (Phi) is 4.59. The number of aromatic nitrogens is 1. The Balaban J connectivity index is 1.89. The van der Waals surface area contributed by atoms with E-state index in [-0.39, 0.29) is 0 Å². The molecule has 114 valence electrons. The molecule has 0 saturated heterocycles. The molecule has 3 aromatic rings. The second kappa shape index (κ2) is 6.98. The van der Waals surface area contributed by atoms with Gasteiger partial charge in [-0.25, -0.2) is 4.98 Å². The Labute approximate surface area is 137 Å². The molecule has 0 aliphatic heterocycles. The fraction of sp³-hybridized carbons (Fsp3) is 0.190. The lowest BCUT2D eigenvalue weighted by molar-refractivity contribution is 0.866. The zero-order valence-electron chi connectivity index (χ0n) is 13.6. The van der Waals surface area contributed by atoms with Crippen molar-refractivity contribution in [3.63, 3.8) is 0 Å². The maximum atomic E-state index is 4.41. The van der Waals surface area contributed by atoms with Crippen molar-refractivity contribution in [3.8, 4) is 11.8 Å². The highest BCUT2D eigenvalue weighted by molar-refractivity contribution is 5.86. The third kappa shape index (κ3) is 3.35. The maximum Gasteiger partial charge on any atom is 0.121 e. The minimum atomic E-state index is 0.830. The average molecular weight is 300 g/mol. The van der Waals surface area contributed by atoms with Crippen LogP contribution in [0, 0.1) is 11.8 Å². The van der Waals surface area contributed by atoms with Gasteiger partial charge in [-0.15, -0.1) is 0 Å². The monoisotopic (exact) mass is 300 g/mol. The topological polar surface area (TPSA) is 16.1 Å². The van der Waals surface area contributed by atoms with Gasteiger partial charge in [0.2, 0.25) is 0 Å². The zero-order chi connectivity index (χ0) is 16.1. The van der Waals surface area contributed by atoms with E-state index in [1.807, 2.05) is 24.4 Å². The van der Waals surface area contributed by atoms with Gasteiger partial charge in [0.05, 0.1) is 0 Å². The molecule has 0 saturated carbocycles. The minimum absolute atomic E-state index is 0.830. The molecule has 0 fully saturated rings. The molecule has 0 bridgehead atoms. The van der Waals surface area contributed by atoms with Crippen molar-refractivity contribution in [2.75, 3.05) is 18.0 Å². The highest BCUT2D eigenvalue weighted by Gasteiger charge is 2.01. The van der Waals surface area contributed by atoms with Gasteiger partial charge in [-0.2, -0.15) is 0 Å². The summed E-state index contributed by atoms with van der Waals surface area (Å²) in [6, 6.07) is 18.6. The number of rotatable bonds is 3. The highest BCUT2D eigenvalue weighted by atomic mass is 15.1. The van der Waals surface area contributed by atoms with E-state index in [2.05, 4.69) is 72.0 Å². The van der Waals surface area contributed by atoms with E-state index in [9.17, 15) is 0 Å². The number of nitrogens with zero attached hydrogens (tertiary/aromatic N) is 2. The number of hydrogen-bond acceptors (Lipinski definition) is 2. The van der Waals surface area contributed by atoms with Crippen LogP contribution in [0.5, 0.6) is 0 Å². The molecule has 0 unspecified atom stereocenters. The van der Waals surface area contributed by atoms with Gasteiger partial charge >= 0.3 is 0 Å². The third-order valence-corrected chi connectivity index (χ3v) is 3.99. The molecule has 0 radical (unpaired) electrons. The molecule has 2 heteroatoms. The number of anilines is 1. The predicted octanol–water partition coefficient (Wildman–Crippen LogP) is 4.48. The van der Waals surface area contributed by atoms with Crippen LogP contribution in [0.2, 0.25) is 0 Å². The van der Waals surface area contributed by atoms with Crippen molar-refractivity contribution in [1.29, 1.82) is 0 Å². The van der Waals surface area contributed by atoms with E-state index in [4.69, 9.17) is 0 Å². The van der Waals surface area contributed by atoms with E-state index in [0.717, 1.165) is 29.7 Å². The SMILES string of the molecule is CCN(CC)c1ccc(C#Cc2nccc3ccccc23)cc1. The number of pyridine rings is 1. The highest BCUT2D eigenvalue weighted by Crippen LogP contribution is 2.16. The molecule has 0 atom stereocenters. The molecule has 0 amide bonds. The molecule has 3 rings (SSSR count). The Hall–Kier alpha value is -2.79.